The summed E-state index contributed by atoms with van der Waals surface area (Å²) < 4.78 is 45.3. The lowest BCUT2D eigenvalue weighted by Crippen LogP contribution is -2.25. The zero-order valence-electron chi connectivity index (χ0n) is 45.9. The maximum absolute atomic E-state index is 12.9. The van der Waals surface area contributed by atoms with Crippen molar-refractivity contribution in [3.8, 4) is 46.0 Å². The van der Waals surface area contributed by atoms with Gasteiger partial charge in [-0.3, -0.25) is 0 Å². The van der Waals surface area contributed by atoms with E-state index in [1.165, 1.54) is 0 Å². The number of carbonyl (C=O) groups is 2. The third-order valence-corrected chi connectivity index (χ3v) is 14.2. The quantitative estimate of drug-likeness (QED) is 0.0491. The molecule has 2 unspecified atom stereocenters. The van der Waals surface area contributed by atoms with E-state index in [1.807, 2.05) is 159 Å². The highest BCUT2D eigenvalue weighted by Gasteiger charge is 2.27. The molecule has 8 aromatic carbocycles. The first-order valence-corrected chi connectivity index (χ1v) is 26.2. The van der Waals surface area contributed by atoms with Gasteiger partial charge in [-0.2, -0.15) is 0 Å². The van der Waals surface area contributed by atoms with Crippen molar-refractivity contribution < 1.29 is 57.7 Å². The largest absolute Gasteiger partial charge is 0.519 e. The highest BCUT2D eigenvalue weighted by molar-refractivity contribution is 5.68. The van der Waals surface area contributed by atoms with Crippen molar-refractivity contribution >= 4 is 12.3 Å². The fourth-order valence-corrected chi connectivity index (χ4v) is 8.91. The fraction of sp³-hybridized carbons (Fsp3) is 0.254. The number of para-hydroxylation sites is 2. The summed E-state index contributed by atoms with van der Waals surface area (Å²) in [4.78, 5) is 25.8. The van der Waals surface area contributed by atoms with E-state index in [0.717, 1.165) is 56.0 Å². The molecule has 0 radical (unpaired) electrons. The van der Waals surface area contributed by atoms with Crippen molar-refractivity contribution in [1.29, 1.82) is 0 Å². The van der Waals surface area contributed by atoms with E-state index in [9.17, 15) is 19.8 Å². The Hall–Kier alpha value is -8.58. The number of aliphatic hydroxyl groups is 2. The topological polar surface area (TPSA) is 148 Å². The molecule has 0 aliphatic heterocycles. The molecular weight excluding hydrogens is 997 g/mol. The minimum absolute atomic E-state index is 0.0942. The van der Waals surface area contributed by atoms with Crippen LogP contribution in [0.3, 0.4) is 0 Å². The third kappa shape index (κ3) is 14.9. The van der Waals surface area contributed by atoms with E-state index in [4.69, 9.17) is 37.9 Å². The number of hydrogen-bond acceptors (Lipinski definition) is 12. The summed E-state index contributed by atoms with van der Waals surface area (Å²) in [6, 6.07) is 59.9. The Balaban J connectivity index is 0.759. The van der Waals surface area contributed by atoms with Crippen LogP contribution in [0.5, 0.6) is 46.0 Å². The van der Waals surface area contributed by atoms with Crippen LogP contribution in [-0.2, 0) is 16.2 Å². The average molecular weight is 1070 g/mol. The van der Waals surface area contributed by atoms with Gasteiger partial charge in [0.1, 0.15) is 84.6 Å². The minimum Gasteiger partial charge on any atom is -0.491 e. The molecule has 12 nitrogen and oxygen atoms in total. The van der Waals surface area contributed by atoms with Crippen LogP contribution in [0.2, 0.25) is 0 Å². The Labute approximate surface area is 463 Å². The van der Waals surface area contributed by atoms with Gasteiger partial charge in [0.25, 0.3) is 0 Å². The van der Waals surface area contributed by atoms with E-state index in [1.54, 1.807) is 48.5 Å². The molecule has 408 valence electrons. The van der Waals surface area contributed by atoms with Crippen LogP contribution in [0.4, 0.5) is 9.59 Å². The second-order valence-corrected chi connectivity index (χ2v) is 21.0. The van der Waals surface area contributed by atoms with Gasteiger partial charge in [0, 0.05) is 16.2 Å². The van der Waals surface area contributed by atoms with Crippen LogP contribution < -0.4 is 37.9 Å². The van der Waals surface area contributed by atoms with Crippen LogP contribution in [0.25, 0.3) is 0 Å². The number of hydrogen-bond donors (Lipinski definition) is 2. The predicted molar refractivity (Wildman–Crippen MR) is 305 cm³/mol. The summed E-state index contributed by atoms with van der Waals surface area (Å²) in [7, 11) is 0. The standard InChI is InChI=1S/C67H68O12/c1-45-13-9-11-15-61(45)74-43-53(68)41-72-55-29-17-47(18-30-55)65(3,4)49-21-33-57(34-22-49)76-63(70)78-59-37-25-51(26-38-59)67(7,8)52-27-39-60(40-28-52)79-64(71)77-58-35-23-50(24-36-58)66(5,6)48-19-31-56(32-20-48)73-42-54(69)44-75-62-16-12-10-14-46(62)2/h9-40,53-54,68-69H,41-44H2,1-8H3. The number of carbonyl (C=O) groups excluding carboxylic acids is 2. The lowest BCUT2D eigenvalue weighted by atomic mass is 9.78. The summed E-state index contributed by atoms with van der Waals surface area (Å²) >= 11 is 0. The van der Waals surface area contributed by atoms with Crippen molar-refractivity contribution in [2.24, 2.45) is 0 Å². The molecule has 2 atom stereocenters. The molecule has 8 rings (SSSR count). The summed E-state index contributed by atoms with van der Waals surface area (Å²) in [5.74, 6) is 4.08. The molecule has 0 spiro atoms. The van der Waals surface area contributed by atoms with E-state index < -0.39 is 29.9 Å². The van der Waals surface area contributed by atoms with Gasteiger partial charge in [-0.15, -0.1) is 0 Å². The van der Waals surface area contributed by atoms with Gasteiger partial charge in [-0.25, -0.2) is 9.59 Å². The highest BCUT2D eigenvalue weighted by atomic mass is 16.7. The number of rotatable bonds is 22. The SMILES string of the molecule is Cc1ccccc1OCC(O)COc1ccc(C(C)(C)c2ccc(OC(=O)Oc3ccc(C(C)(C)c4ccc(OC(=O)Oc5ccc(C(C)(C)c6ccc(OCC(O)COc7ccccc7C)cc6)cc5)cc4)cc3)cc2)cc1. The molecule has 0 aromatic heterocycles. The number of ether oxygens (including phenoxy) is 8. The maximum Gasteiger partial charge on any atom is 0.519 e. The zero-order valence-corrected chi connectivity index (χ0v) is 45.9. The summed E-state index contributed by atoms with van der Waals surface area (Å²) in [5, 5.41) is 20.9. The molecule has 8 aromatic rings. The molecule has 0 amide bonds. The molecular formula is C67H68O12. The van der Waals surface area contributed by atoms with Crippen molar-refractivity contribution in [2.45, 2.75) is 83.8 Å². The first kappa shape index (κ1) is 56.6. The van der Waals surface area contributed by atoms with Gasteiger partial charge >= 0.3 is 12.3 Å². The first-order valence-electron chi connectivity index (χ1n) is 26.2. The normalized spacial score (nSPS) is 12.4. The Kier molecular flexibility index (Phi) is 18.1. The lowest BCUT2D eigenvalue weighted by molar-refractivity contribution is 0.0624. The van der Waals surface area contributed by atoms with Crippen LogP contribution in [0, 0.1) is 13.8 Å². The molecule has 0 saturated heterocycles. The Morgan fingerprint density at radius 3 is 0.785 bits per heavy atom. The van der Waals surface area contributed by atoms with Gasteiger partial charge in [-0.05, 0) is 143 Å². The van der Waals surface area contributed by atoms with Gasteiger partial charge in [0.05, 0.1) is 0 Å². The van der Waals surface area contributed by atoms with E-state index in [0.29, 0.717) is 34.5 Å². The van der Waals surface area contributed by atoms with Gasteiger partial charge in [-0.1, -0.05) is 151 Å². The second-order valence-electron chi connectivity index (χ2n) is 21.0. The number of aryl methyl sites for hydroxylation is 2. The van der Waals surface area contributed by atoms with E-state index in [2.05, 4.69) is 41.5 Å². The van der Waals surface area contributed by atoms with E-state index in [-0.39, 0.29) is 37.3 Å². The van der Waals surface area contributed by atoms with Crippen LogP contribution in [0.15, 0.2) is 194 Å². The lowest BCUT2D eigenvalue weighted by Gasteiger charge is -2.26. The maximum atomic E-state index is 12.9. The van der Waals surface area contributed by atoms with Crippen LogP contribution in [-0.4, -0.2) is 61.2 Å². The minimum atomic E-state index is -0.864. The summed E-state index contributed by atoms with van der Waals surface area (Å²) in [6.07, 6.45) is -3.31. The van der Waals surface area contributed by atoms with Crippen LogP contribution in [0.1, 0.15) is 86.1 Å². The zero-order chi connectivity index (χ0) is 56.2. The van der Waals surface area contributed by atoms with Crippen molar-refractivity contribution in [1.82, 2.24) is 0 Å². The monoisotopic (exact) mass is 1060 g/mol. The molecule has 0 aliphatic rings. The molecule has 0 fully saturated rings. The van der Waals surface area contributed by atoms with Crippen LogP contribution >= 0.6 is 0 Å². The van der Waals surface area contributed by atoms with Crippen molar-refractivity contribution in [3.63, 3.8) is 0 Å². The number of aliphatic hydroxyl groups excluding tert-OH is 2. The Morgan fingerprint density at radius 1 is 0.329 bits per heavy atom. The first-order chi connectivity index (χ1) is 37.8. The third-order valence-electron chi connectivity index (χ3n) is 14.2. The fourth-order valence-electron chi connectivity index (χ4n) is 8.91. The van der Waals surface area contributed by atoms with Crippen molar-refractivity contribution in [3.05, 3.63) is 239 Å². The highest BCUT2D eigenvalue weighted by Crippen LogP contribution is 2.37. The van der Waals surface area contributed by atoms with Gasteiger partial charge < -0.3 is 48.1 Å². The number of benzene rings is 8. The molecule has 12 heteroatoms. The smallest absolute Gasteiger partial charge is 0.491 e. The summed E-state index contributed by atoms with van der Waals surface area (Å²) in [5.41, 5.74) is 6.83. The Morgan fingerprint density at radius 2 is 0.544 bits per heavy atom. The Bertz CT molecular complexity index is 3040. The molecule has 79 heavy (non-hydrogen) atoms. The second kappa shape index (κ2) is 25.3. The molecule has 2 N–H and O–H groups in total. The van der Waals surface area contributed by atoms with Crippen molar-refractivity contribution in [2.75, 3.05) is 26.4 Å². The average Bonchev–Trinajstić information content (AvgIpc) is 3.55. The molecule has 0 saturated carbocycles. The molecule has 0 aliphatic carbocycles. The molecule has 0 heterocycles. The summed E-state index contributed by atoms with van der Waals surface area (Å²) in [6.45, 7) is 16.9. The van der Waals surface area contributed by atoms with E-state index >= 15 is 0 Å². The predicted octanol–water partition coefficient (Wildman–Crippen LogP) is 14.1. The molecule has 0 bridgehead atoms. The van der Waals surface area contributed by atoms with Gasteiger partial charge in [0.15, 0.2) is 0 Å². The van der Waals surface area contributed by atoms with Gasteiger partial charge in [0.2, 0.25) is 0 Å².